The van der Waals surface area contributed by atoms with Gasteiger partial charge in [0.1, 0.15) is 6.04 Å². The fourth-order valence-corrected chi connectivity index (χ4v) is 2.90. The molecule has 2 N–H and O–H groups in total. The third-order valence-electron chi connectivity index (χ3n) is 3.99. The highest BCUT2D eigenvalue weighted by atomic mass is 16.5. The number of hydrogen-bond acceptors (Lipinski definition) is 5. The van der Waals surface area contributed by atoms with E-state index in [1.54, 1.807) is 21.3 Å². The molecule has 6 heteroatoms. The Hall–Kier alpha value is -1.79. The second-order valence-corrected chi connectivity index (χ2v) is 5.37. The highest BCUT2D eigenvalue weighted by Crippen LogP contribution is 2.37. The third kappa shape index (κ3) is 3.34. The van der Waals surface area contributed by atoms with E-state index in [0.717, 1.165) is 24.9 Å². The number of methoxy groups -OCH3 is 3. The largest absolute Gasteiger partial charge is 0.493 e. The maximum absolute atomic E-state index is 12.5. The van der Waals surface area contributed by atoms with Crippen LogP contribution in [0.3, 0.4) is 0 Å². The molecule has 1 aliphatic rings. The van der Waals surface area contributed by atoms with Crippen LogP contribution in [0, 0.1) is 0 Å². The molecule has 1 amide bonds. The zero-order valence-electron chi connectivity index (χ0n) is 13.4. The Morgan fingerprint density at radius 2 is 2.05 bits per heavy atom. The van der Waals surface area contributed by atoms with Gasteiger partial charge < -0.3 is 24.8 Å². The molecule has 0 radical (unpaired) electrons. The molecule has 1 aliphatic heterocycles. The van der Waals surface area contributed by atoms with Crippen molar-refractivity contribution in [2.75, 3.05) is 34.5 Å². The first-order chi connectivity index (χ1) is 10.6. The lowest BCUT2D eigenvalue weighted by molar-refractivity contribution is -0.134. The molecular formula is C16H24N2O4. The first kappa shape index (κ1) is 16.6. The summed E-state index contributed by atoms with van der Waals surface area (Å²) in [6, 6.07) is 5.17. The summed E-state index contributed by atoms with van der Waals surface area (Å²) in [6.07, 6.45) is 1.88. The van der Waals surface area contributed by atoms with Crippen molar-refractivity contribution in [2.24, 2.45) is 5.73 Å². The number of carbonyl (C=O) groups excluding carboxylic acids is 1. The normalized spacial score (nSPS) is 19.1. The highest BCUT2D eigenvalue weighted by molar-refractivity contribution is 5.82. The first-order valence-corrected chi connectivity index (χ1v) is 7.39. The molecule has 2 unspecified atom stereocenters. The number of ether oxygens (including phenoxy) is 3. The minimum absolute atomic E-state index is 0.0233. The van der Waals surface area contributed by atoms with Crippen molar-refractivity contribution in [1.82, 2.24) is 4.90 Å². The molecule has 122 valence electrons. The van der Waals surface area contributed by atoms with Gasteiger partial charge in [0, 0.05) is 13.7 Å². The summed E-state index contributed by atoms with van der Waals surface area (Å²) < 4.78 is 15.6. The van der Waals surface area contributed by atoms with Crippen molar-refractivity contribution in [2.45, 2.75) is 24.9 Å². The summed E-state index contributed by atoms with van der Waals surface area (Å²) in [6.45, 7) is 0.948. The fourth-order valence-electron chi connectivity index (χ4n) is 2.90. The number of carbonyl (C=O) groups is 1. The predicted octanol–water partition coefficient (Wildman–Crippen LogP) is 1.34. The molecule has 0 saturated carbocycles. The standard InChI is InChI=1S/C16H24N2O4/c1-20-10-12(17)16(19)18-8-4-5-13(18)11-6-7-14(21-2)15(9-11)22-3/h6-7,9,12-13H,4-5,8,10,17H2,1-3H3. The van der Waals surface area contributed by atoms with Crippen LogP contribution >= 0.6 is 0 Å². The van der Waals surface area contributed by atoms with Crippen LogP contribution < -0.4 is 15.2 Å². The molecule has 0 aliphatic carbocycles. The number of benzene rings is 1. The molecule has 1 heterocycles. The Labute approximate surface area is 131 Å². The first-order valence-electron chi connectivity index (χ1n) is 7.39. The topological polar surface area (TPSA) is 74.0 Å². The van der Waals surface area contributed by atoms with Crippen LogP contribution in [0.2, 0.25) is 0 Å². The van der Waals surface area contributed by atoms with Crippen molar-refractivity contribution in [3.05, 3.63) is 23.8 Å². The molecule has 6 nitrogen and oxygen atoms in total. The minimum Gasteiger partial charge on any atom is -0.493 e. The zero-order valence-corrected chi connectivity index (χ0v) is 13.4. The maximum Gasteiger partial charge on any atom is 0.242 e. The van der Waals surface area contributed by atoms with E-state index < -0.39 is 6.04 Å². The Kier molecular flexibility index (Phi) is 5.63. The zero-order chi connectivity index (χ0) is 16.1. The van der Waals surface area contributed by atoms with Gasteiger partial charge in [-0.2, -0.15) is 0 Å². The molecule has 2 atom stereocenters. The van der Waals surface area contributed by atoms with E-state index >= 15 is 0 Å². The van der Waals surface area contributed by atoms with Gasteiger partial charge in [0.05, 0.1) is 26.9 Å². The Morgan fingerprint density at radius 1 is 1.32 bits per heavy atom. The van der Waals surface area contributed by atoms with E-state index in [-0.39, 0.29) is 18.6 Å². The van der Waals surface area contributed by atoms with Crippen molar-refractivity contribution < 1.29 is 19.0 Å². The van der Waals surface area contributed by atoms with Crippen molar-refractivity contribution in [3.63, 3.8) is 0 Å². The van der Waals surface area contributed by atoms with E-state index in [1.165, 1.54) is 0 Å². The van der Waals surface area contributed by atoms with Gasteiger partial charge in [0.25, 0.3) is 0 Å². The quantitative estimate of drug-likeness (QED) is 0.858. The van der Waals surface area contributed by atoms with Gasteiger partial charge in [-0.25, -0.2) is 0 Å². The minimum atomic E-state index is -0.620. The molecule has 0 bridgehead atoms. The maximum atomic E-state index is 12.5. The van der Waals surface area contributed by atoms with Gasteiger partial charge in [-0.05, 0) is 30.5 Å². The number of likely N-dealkylation sites (tertiary alicyclic amines) is 1. The smallest absolute Gasteiger partial charge is 0.242 e. The molecule has 22 heavy (non-hydrogen) atoms. The lowest BCUT2D eigenvalue weighted by Gasteiger charge is -2.28. The van der Waals surface area contributed by atoms with Crippen LogP contribution in [-0.4, -0.2) is 51.3 Å². The lowest BCUT2D eigenvalue weighted by atomic mass is 10.0. The molecule has 1 aromatic rings. The third-order valence-corrected chi connectivity index (χ3v) is 3.99. The van der Waals surface area contributed by atoms with E-state index in [9.17, 15) is 4.79 Å². The number of amides is 1. The van der Waals surface area contributed by atoms with E-state index in [2.05, 4.69) is 0 Å². The van der Waals surface area contributed by atoms with Crippen molar-refractivity contribution >= 4 is 5.91 Å². The summed E-state index contributed by atoms with van der Waals surface area (Å²) in [4.78, 5) is 14.3. The summed E-state index contributed by atoms with van der Waals surface area (Å²) in [7, 11) is 4.75. The van der Waals surface area contributed by atoms with Gasteiger partial charge >= 0.3 is 0 Å². The monoisotopic (exact) mass is 308 g/mol. The van der Waals surface area contributed by atoms with Crippen LogP contribution in [-0.2, 0) is 9.53 Å². The molecule has 0 spiro atoms. The van der Waals surface area contributed by atoms with E-state index in [1.807, 2.05) is 23.1 Å². The second kappa shape index (κ2) is 7.47. The van der Waals surface area contributed by atoms with Crippen LogP contribution in [0.5, 0.6) is 11.5 Å². The van der Waals surface area contributed by atoms with E-state index in [0.29, 0.717) is 11.5 Å². The summed E-state index contributed by atoms with van der Waals surface area (Å²) in [5.41, 5.74) is 6.92. The lowest BCUT2D eigenvalue weighted by Crippen LogP contribution is -2.45. The van der Waals surface area contributed by atoms with Crippen molar-refractivity contribution in [1.29, 1.82) is 0 Å². The number of nitrogens with zero attached hydrogens (tertiary/aromatic N) is 1. The SMILES string of the molecule is COCC(N)C(=O)N1CCCC1c1ccc(OC)c(OC)c1. The van der Waals surface area contributed by atoms with Crippen LogP contribution in [0.15, 0.2) is 18.2 Å². The Morgan fingerprint density at radius 3 is 2.68 bits per heavy atom. The average Bonchev–Trinajstić information content (AvgIpc) is 3.03. The Bertz CT molecular complexity index is 521. The predicted molar refractivity (Wildman–Crippen MR) is 83.1 cm³/mol. The summed E-state index contributed by atoms with van der Waals surface area (Å²) >= 11 is 0. The van der Waals surface area contributed by atoms with Crippen LogP contribution in [0.4, 0.5) is 0 Å². The van der Waals surface area contributed by atoms with Gasteiger partial charge in [-0.1, -0.05) is 6.07 Å². The number of rotatable bonds is 6. The summed E-state index contributed by atoms with van der Waals surface area (Å²) in [5.74, 6) is 1.28. The molecule has 1 saturated heterocycles. The number of hydrogen-bond donors (Lipinski definition) is 1. The highest BCUT2D eigenvalue weighted by Gasteiger charge is 2.33. The van der Waals surface area contributed by atoms with Gasteiger partial charge in [-0.15, -0.1) is 0 Å². The average molecular weight is 308 g/mol. The molecule has 1 aromatic carbocycles. The summed E-state index contributed by atoms with van der Waals surface area (Å²) in [5, 5.41) is 0. The van der Waals surface area contributed by atoms with Gasteiger partial charge in [0.15, 0.2) is 11.5 Å². The number of nitrogens with two attached hydrogens (primary N) is 1. The van der Waals surface area contributed by atoms with Crippen LogP contribution in [0.25, 0.3) is 0 Å². The van der Waals surface area contributed by atoms with Gasteiger partial charge in [0.2, 0.25) is 5.91 Å². The van der Waals surface area contributed by atoms with Crippen molar-refractivity contribution in [3.8, 4) is 11.5 Å². The molecule has 1 fully saturated rings. The van der Waals surface area contributed by atoms with Gasteiger partial charge in [-0.3, -0.25) is 4.79 Å². The molecule has 0 aromatic heterocycles. The second-order valence-electron chi connectivity index (χ2n) is 5.37. The van der Waals surface area contributed by atoms with Crippen LogP contribution in [0.1, 0.15) is 24.4 Å². The fraction of sp³-hybridized carbons (Fsp3) is 0.562. The van der Waals surface area contributed by atoms with E-state index in [4.69, 9.17) is 19.9 Å². The Balaban J connectivity index is 2.21. The molecular weight excluding hydrogens is 284 g/mol. The molecule has 2 rings (SSSR count).